The zero-order valence-corrected chi connectivity index (χ0v) is 9.63. The first-order chi connectivity index (χ1) is 7.42. The zero-order valence-electron chi connectivity index (χ0n) is 9.63. The summed E-state index contributed by atoms with van der Waals surface area (Å²) in [5.74, 6) is -0.130. The minimum atomic E-state index is -0.259. The number of amides is 2. The van der Waals surface area contributed by atoms with Crippen molar-refractivity contribution >= 4 is 18.0 Å². The minimum Gasteiger partial charge on any atom is -0.347 e. The van der Waals surface area contributed by atoms with Crippen LogP contribution in [0.2, 0.25) is 0 Å². The molecule has 0 saturated carbocycles. The number of hydrogen-bond acceptors (Lipinski definition) is 2. The number of carbonyl (C=O) groups excluding carboxylic acids is 2. The van der Waals surface area contributed by atoms with Crippen LogP contribution in [0, 0.1) is 0 Å². The monoisotopic (exact) mass is 219 g/mol. The van der Waals surface area contributed by atoms with E-state index < -0.39 is 0 Å². The molecule has 0 aliphatic rings. The van der Waals surface area contributed by atoms with Gasteiger partial charge >= 0.3 is 6.41 Å². The van der Waals surface area contributed by atoms with Crippen molar-refractivity contribution in [3.8, 4) is 0 Å². The Labute approximate surface area is 95.0 Å². The topological polar surface area (TPSA) is 58.2 Å². The number of anilines is 1. The minimum absolute atomic E-state index is 0.130. The molecule has 0 bridgehead atoms. The molecule has 4 heteroatoms. The first-order valence-electron chi connectivity index (χ1n) is 4.98. The largest absolute Gasteiger partial charge is 0.347 e. The van der Waals surface area contributed by atoms with Gasteiger partial charge in [-0.1, -0.05) is 0 Å². The van der Waals surface area contributed by atoms with Crippen molar-refractivity contribution in [1.29, 1.82) is 0 Å². The van der Waals surface area contributed by atoms with Crippen LogP contribution in [0.4, 0.5) is 5.69 Å². The van der Waals surface area contributed by atoms with Crippen LogP contribution in [-0.4, -0.2) is 17.9 Å². The van der Waals surface area contributed by atoms with E-state index in [9.17, 15) is 9.59 Å². The summed E-state index contributed by atoms with van der Waals surface area (Å²) in [6.07, 6.45) is 1.57. The molecule has 0 aliphatic heterocycles. The van der Waals surface area contributed by atoms with Gasteiger partial charge in [0.1, 0.15) is 0 Å². The molecule has 0 atom stereocenters. The quantitative estimate of drug-likeness (QED) is 0.760. The number of nitrogens with one attached hydrogen (secondary N) is 2. The van der Waals surface area contributed by atoms with Crippen molar-refractivity contribution in [3.05, 3.63) is 29.8 Å². The van der Waals surface area contributed by atoms with E-state index in [-0.39, 0.29) is 11.4 Å². The van der Waals surface area contributed by atoms with Crippen LogP contribution in [0.1, 0.15) is 31.1 Å². The second-order valence-corrected chi connectivity index (χ2v) is 4.51. The van der Waals surface area contributed by atoms with Gasteiger partial charge in [0.05, 0.1) is 0 Å². The fraction of sp³-hybridized carbons (Fsp3) is 0.333. The molecule has 2 amide bonds. The van der Waals surface area contributed by atoms with Gasteiger partial charge in [-0.05, 0) is 45.0 Å². The fourth-order valence-corrected chi connectivity index (χ4v) is 1.18. The molecule has 0 saturated heterocycles. The van der Waals surface area contributed by atoms with Gasteiger partial charge in [-0.2, -0.15) is 0 Å². The second kappa shape index (κ2) is 4.79. The molecule has 1 aromatic rings. The van der Waals surface area contributed by atoms with Crippen molar-refractivity contribution in [2.24, 2.45) is 0 Å². The molecule has 1 aromatic carbocycles. The zero-order chi connectivity index (χ0) is 12.2. The summed E-state index contributed by atoms with van der Waals surface area (Å²) in [6, 6.07) is 6.62. The summed E-state index contributed by atoms with van der Waals surface area (Å²) in [7, 11) is 0. The first kappa shape index (κ1) is 12.2. The fourth-order valence-electron chi connectivity index (χ4n) is 1.18. The van der Waals surface area contributed by atoms with E-state index in [0.29, 0.717) is 11.3 Å². The molecular formula is C12H15N2O2. The van der Waals surface area contributed by atoms with E-state index in [0.717, 1.165) is 0 Å². The third-order valence-electron chi connectivity index (χ3n) is 1.83. The Bertz CT molecular complexity index is 377. The van der Waals surface area contributed by atoms with Gasteiger partial charge in [0.15, 0.2) is 0 Å². The summed E-state index contributed by atoms with van der Waals surface area (Å²) in [5.41, 5.74) is 0.915. The molecule has 0 heterocycles. The van der Waals surface area contributed by atoms with E-state index in [2.05, 4.69) is 10.6 Å². The average molecular weight is 219 g/mol. The highest BCUT2D eigenvalue weighted by Crippen LogP contribution is 2.10. The molecule has 0 fully saturated rings. The van der Waals surface area contributed by atoms with E-state index in [4.69, 9.17) is 0 Å². The summed E-state index contributed by atoms with van der Waals surface area (Å²) in [4.78, 5) is 21.8. The summed E-state index contributed by atoms with van der Waals surface area (Å²) >= 11 is 0. The third-order valence-corrected chi connectivity index (χ3v) is 1.83. The predicted octanol–water partition coefficient (Wildman–Crippen LogP) is 1.69. The van der Waals surface area contributed by atoms with Crippen LogP contribution >= 0.6 is 0 Å². The number of carbonyl (C=O) groups is 1. The van der Waals surface area contributed by atoms with E-state index >= 15 is 0 Å². The molecule has 2 N–H and O–H groups in total. The average Bonchev–Trinajstić information content (AvgIpc) is 2.16. The van der Waals surface area contributed by atoms with Gasteiger partial charge in [-0.25, -0.2) is 0 Å². The molecule has 1 rings (SSSR count). The van der Waals surface area contributed by atoms with E-state index in [1.165, 1.54) is 0 Å². The Kier molecular flexibility index (Phi) is 3.66. The van der Waals surface area contributed by atoms with Gasteiger partial charge < -0.3 is 10.6 Å². The van der Waals surface area contributed by atoms with Crippen LogP contribution in [0.25, 0.3) is 0 Å². The smallest absolute Gasteiger partial charge is 0.314 e. The van der Waals surface area contributed by atoms with E-state index in [1.54, 1.807) is 30.7 Å². The SMILES string of the molecule is CC(C)(C)NC(=O)c1ccc(N[C]=O)cc1. The maximum atomic E-state index is 11.7. The number of benzene rings is 1. The lowest BCUT2D eigenvalue weighted by Crippen LogP contribution is -2.40. The number of hydrogen-bond donors (Lipinski definition) is 2. The van der Waals surface area contributed by atoms with Crippen molar-refractivity contribution in [2.45, 2.75) is 26.3 Å². The van der Waals surface area contributed by atoms with Crippen LogP contribution in [0.5, 0.6) is 0 Å². The van der Waals surface area contributed by atoms with Crippen LogP contribution in [-0.2, 0) is 4.79 Å². The van der Waals surface area contributed by atoms with Gasteiger partial charge in [0, 0.05) is 16.8 Å². The summed E-state index contributed by atoms with van der Waals surface area (Å²) in [5, 5.41) is 5.23. The van der Waals surface area contributed by atoms with Gasteiger partial charge in [0.25, 0.3) is 5.91 Å². The molecule has 4 nitrogen and oxygen atoms in total. The maximum absolute atomic E-state index is 11.7. The lowest BCUT2D eigenvalue weighted by atomic mass is 10.1. The van der Waals surface area contributed by atoms with Crippen LogP contribution in [0.15, 0.2) is 24.3 Å². The van der Waals surface area contributed by atoms with E-state index in [1.807, 2.05) is 20.8 Å². The Hall–Kier alpha value is -1.84. The molecule has 0 spiro atoms. The summed E-state index contributed by atoms with van der Waals surface area (Å²) < 4.78 is 0. The molecule has 1 radical (unpaired) electrons. The molecule has 85 valence electrons. The van der Waals surface area contributed by atoms with Crippen molar-refractivity contribution < 1.29 is 9.59 Å². The predicted molar refractivity (Wildman–Crippen MR) is 63.0 cm³/mol. The highest BCUT2D eigenvalue weighted by atomic mass is 16.1. The highest BCUT2D eigenvalue weighted by Gasteiger charge is 2.14. The first-order valence-corrected chi connectivity index (χ1v) is 4.98. The van der Waals surface area contributed by atoms with Crippen LogP contribution in [0.3, 0.4) is 0 Å². The second-order valence-electron chi connectivity index (χ2n) is 4.51. The molecule has 0 aromatic heterocycles. The molecule has 16 heavy (non-hydrogen) atoms. The highest BCUT2D eigenvalue weighted by molar-refractivity contribution is 5.95. The van der Waals surface area contributed by atoms with Gasteiger partial charge in [0.2, 0.25) is 0 Å². The van der Waals surface area contributed by atoms with Crippen LogP contribution < -0.4 is 10.6 Å². The lowest BCUT2D eigenvalue weighted by Gasteiger charge is -2.20. The standard InChI is InChI=1S/C12H15N2O2/c1-12(2,3)14-11(16)9-4-6-10(7-5-9)13-8-15/h4-7H,1-3H3,(H,13,15)(H,14,16). The Morgan fingerprint density at radius 2 is 1.75 bits per heavy atom. The van der Waals surface area contributed by atoms with Gasteiger partial charge in [-0.3, -0.25) is 9.59 Å². The normalized spacial score (nSPS) is 10.7. The Balaban J connectivity index is 2.74. The summed E-state index contributed by atoms with van der Waals surface area (Å²) in [6.45, 7) is 5.76. The third kappa shape index (κ3) is 3.73. The van der Waals surface area contributed by atoms with Gasteiger partial charge in [-0.15, -0.1) is 0 Å². The Morgan fingerprint density at radius 1 is 1.19 bits per heavy atom. The number of rotatable bonds is 3. The Morgan fingerprint density at radius 3 is 2.19 bits per heavy atom. The molecule has 0 aliphatic carbocycles. The van der Waals surface area contributed by atoms with Crippen molar-refractivity contribution in [2.75, 3.05) is 5.32 Å². The lowest BCUT2D eigenvalue weighted by molar-refractivity contribution is 0.0919. The molecule has 0 unspecified atom stereocenters. The maximum Gasteiger partial charge on any atom is 0.314 e. The molecular weight excluding hydrogens is 204 g/mol. The van der Waals surface area contributed by atoms with Crippen molar-refractivity contribution in [1.82, 2.24) is 5.32 Å². The van der Waals surface area contributed by atoms with Crippen molar-refractivity contribution in [3.63, 3.8) is 0 Å².